The average molecular weight is 386 g/mol. The molecule has 6 nitrogen and oxygen atoms in total. The van der Waals surface area contributed by atoms with Crippen molar-refractivity contribution in [2.24, 2.45) is 5.73 Å². The van der Waals surface area contributed by atoms with Gasteiger partial charge in [-0.2, -0.15) is 5.26 Å². The Balaban J connectivity index is 1.83. The SMILES string of the molecule is CC(C)[NH+]1C=C(Cc2cccnc2)C2=C(C1)[C@H](c1cccnc1)C(C#N)=C(N)O2. The Morgan fingerprint density at radius 3 is 2.62 bits per heavy atom. The molecule has 0 saturated carbocycles. The maximum atomic E-state index is 9.82. The summed E-state index contributed by atoms with van der Waals surface area (Å²) in [4.78, 5) is 9.82. The Hall–Kier alpha value is -3.43. The molecule has 0 fully saturated rings. The van der Waals surface area contributed by atoms with E-state index in [4.69, 9.17) is 10.5 Å². The Bertz CT molecular complexity index is 1030. The zero-order chi connectivity index (χ0) is 20.4. The Kier molecular flexibility index (Phi) is 5.15. The summed E-state index contributed by atoms with van der Waals surface area (Å²) < 4.78 is 6.05. The number of ether oxygens (including phenoxy) is 1. The third-order valence-electron chi connectivity index (χ3n) is 5.45. The highest BCUT2D eigenvalue weighted by Crippen LogP contribution is 2.41. The highest BCUT2D eigenvalue weighted by molar-refractivity contribution is 5.52. The first kappa shape index (κ1) is 18.9. The van der Waals surface area contributed by atoms with Gasteiger partial charge in [0.15, 0.2) is 0 Å². The van der Waals surface area contributed by atoms with Gasteiger partial charge in [0.25, 0.3) is 0 Å². The van der Waals surface area contributed by atoms with Crippen LogP contribution in [0, 0.1) is 11.3 Å². The summed E-state index contributed by atoms with van der Waals surface area (Å²) in [5, 5.41) is 9.82. The molecule has 0 radical (unpaired) electrons. The number of rotatable bonds is 4. The van der Waals surface area contributed by atoms with Gasteiger partial charge in [-0.25, -0.2) is 0 Å². The number of nitrogens with zero attached hydrogens (tertiary/aromatic N) is 3. The number of hydrogen-bond donors (Lipinski definition) is 2. The molecular formula is C23H24N5O+. The van der Waals surface area contributed by atoms with E-state index < -0.39 is 0 Å². The van der Waals surface area contributed by atoms with Crippen molar-refractivity contribution in [2.75, 3.05) is 6.54 Å². The molecule has 3 N–H and O–H groups in total. The van der Waals surface area contributed by atoms with Gasteiger partial charge in [-0.05, 0) is 37.1 Å². The maximum absolute atomic E-state index is 9.82. The van der Waals surface area contributed by atoms with Crippen LogP contribution in [-0.4, -0.2) is 22.6 Å². The number of hydrogen-bond acceptors (Lipinski definition) is 5. The van der Waals surface area contributed by atoms with Crippen molar-refractivity contribution in [2.45, 2.75) is 32.2 Å². The van der Waals surface area contributed by atoms with Crippen LogP contribution in [0.1, 0.15) is 30.9 Å². The fourth-order valence-corrected chi connectivity index (χ4v) is 3.95. The van der Waals surface area contributed by atoms with Crippen LogP contribution < -0.4 is 10.6 Å². The van der Waals surface area contributed by atoms with Gasteiger partial charge >= 0.3 is 0 Å². The molecule has 4 rings (SSSR count). The molecule has 2 aromatic heterocycles. The van der Waals surface area contributed by atoms with E-state index in [0.717, 1.165) is 34.6 Å². The van der Waals surface area contributed by atoms with Gasteiger partial charge in [0.2, 0.25) is 5.88 Å². The molecule has 0 aliphatic carbocycles. The van der Waals surface area contributed by atoms with Crippen LogP contribution >= 0.6 is 0 Å². The summed E-state index contributed by atoms with van der Waals surface area (Å²) in [6.07, 6.45) is 10.1. The Morgan fingerprint density at radius 1 is 1.24 bits per heavy atom. The lowest BCUT2D eigenvalue weighted by Gasteiger charge is -2.35. The van der Waals surface area contributed by atoms with Gasteiger partial charge in [-0.15, -0.1) is 0 Å². The standard InChI is InChI=1S/C23H23N5O/c1-15(2)28-13-18(9-16-5-3-7-26-11-16)22-20(14-28)21(17-6-4-8-27-12-17)19(10-24)23(25)29-22/h3-8,11-13,15,21H,9,14,25H2,1-2H3/p+1/t21-/m1/s1. The maximum Gasteiger partial charge on any atom is 0.205 e. The molecule has 1 unspecified atom stereocenters. The summed E-state index contributed by atoms with van der Waals surface area (Å²) in [6, 6.07) is 10.5. The van der Waals surface area contributed by atoms with Crippen molar-refractivity contribution in [1.82, 2.24) is 9.97 Å². The number of aromatic nitrogens is 2. The molecule has 2 aliphatic heterocycles. The summed E-state index contributed by atoms with van der Waals surface area (Å²) in [6.45, 7) is 5.13. The number of quaternary nitrogens is 1. The molecule has 2 atom stereocenters. The minimum Gasteiger partial charge on any atom is -0.440 e. The third-order valence-corrected chi connectivity index (χ3v) is 5.45. The Labute approximate surface area is 170 Å². The second-order valence-corrected chi connectivity index (χ2v) is 7.68. The molecule has 146 valence electrons. The molecule has 4 heterocycles. The van der Waals surface area contributed by atoms with Gasteiger partial charge in [0.05, 0.1) is 17.5 Å². The monoisotopic (exact) mass is 386 g/mol. The second-order valence-electron chi connectivity index (χ2n) is 7.68. The van der Waals surface area contributed by atoms with Gasteiger partial charge in [0.1, 0.15) is 30.1 Å². The first-order chi connectivity index (χ1) is 14.1. The van der Waals surface area contributed by atoms with Crippen molar-refractivity contribution < 1.29 is 9.64 Å². The van der Waals surface area contributed by atoms with Crippen LogP contribution in [0.3, 0.4) is 0 Å². The molecule has 0 bridgehead atoms. The fraction of sp³-hybridized carbons (Fsp3) is 0.261. The van der Waals surface area contributed by atoms with E-state index in [-0.39, 0.29) is 11.8 Å². The predicted molar refractivity (Wildman–Crippen MR) is 109 cm³/mol. The van der Waals surface area contributed by atoms with E-state index in [1.54, 1.807) is 18.6 Å². The van der Waals surface area contributed by atoms with Crippen molar-refractivity contribution in [3.63, 3.8) is 0 Å². The zero-order valence-corrected chi connectivity index (χ0v) is 16.6. The molecular weight excluding hydrogens is 362 g/mol. The predicted octanol–water partition coefficient (Wildman–Crippen LogP) is 1.97. The van der Waals surface area contributed by atoms with Crippen molar-refractivity contribution in [1.29, 1.82) is 5.26 Å². The summed E-state index contributed by atoms with van der Waals surface area (Å²) >= 11 is 0. The topological polar surface area (TPSA) is 89.3 Å². The summed E-state index contributed by atoms with van der Waals surface area (Å²) in [5.41, 5.74) is 10.9. The molecule has 2 aromatic rings. The molecule has 0 amide bonds. The van der Waals surface area contributed by atoms with Crippen LogP contribution in [-0.2, 0) is 11.2 Å². The first-order valence-electron chi connectivity index (χ1n) is 9.74. The number of nitrogens with one attached hydrogen (secondary N) is 1. The largest absolute Gasteiger partial charge is 0.440 e. The molecule has 0 spiro atoms. The van der Waals surface area contributed by atoms with E-state index in [2.05, 4.69) is 42.2 Å². The lowest BCUT2D eigenvalue weighted by molar-refractivity contribution is -0.866. The van der Waals surface area contributed by atoms with E-state index in [0.29, 0.717) is 18.0 Å². The van der Waals surface area contributed by atoms with Crippen LogP contribution in [0.4, 0.5) is 0 Å². The van der Waals surface area contributed by atoms with Gasteiger partial charge in [-0.1, -0.05) is 12.1 Å². The van der Waals surface area contributed by atoms with E-state index >= 15 is 0 Å². The van der Waals surface area contributed by atoms with Crippen molar-refractivity contribution in [3.8, 4) is 6.07 Å². The minimum absolute atomic E-state index is 0.171. The minimum atomic E-state index is -0.246. The summed E-state index contributed by atoms with van der Waals surface area (Å²) in [5.74, 6) is 0.706. The van der Waals surface area contributed by atoms with Crippen LogP contribution in [0.15, 0.2) is 83.6 Å². The molecule has 2 aliphatic rings. The van der Waals surface area contributed by atoms with Crippen molar-refractivity contribution >= 4 is 0 Å². The average Bonchev–Trinajstić information content (AvgIpc) is 2.74. The number of nitriles is 1. The summed E-state index contributed by atoms with van der Waals surface area (Å²) in [7, 11) is 0. The first-order valence-corrected chi connectivity index (χ1v) is 9.74. The Morgan fingerprint density at radius 2 is 2.00 bits per heavy atom. The molecule has 0 aromatic carbocycles. The zero-order valence-electron chi connectivity index (χ0n) is 16.6. The van der Waals surface area contributed by atoms with E-state index in [1.165, 1.54) is 4.90 Å². The van der Waals surface area contributed by atoms with E-state index in [1.807, 2.05) is 24.4 Å². The lowest BCUT2D eigenvalue weighted by atomic mass is 9.80. The quantitative estimate of drug-likeness (QED) is 0.839. The number of allylic oxidation sites excluding steroid dienone is 2. The normalized spacial score (nSPS) is 21.4. The molecule has 0 saturated heterocycles. The highest BCUT2D eigenvalue weighted by Gasteiger charge is 2.39. The smallest absolute Gasteiger partial charge is 0.205 e. The highest BCUT2D eigenvalue weighted by atomic mass is 16.5. The number of nitrogens with two attached hydrogens (primary N) is 1. The van der Waals surface area contributed by atoms with Gasteiger partial charge < -0.3 is 15.4 Å². The molecule has 6 heteroatoms. The van der Waals surface area contributed by atoms with Gasteiger partial charge in [-0.3, -0.25) is 9.97 Å². The van der Waals surface area contributed by atoms with Crippen LogP contribution in [0.5, 0.6) is 0 Å². The van der Waals surface area contributed by atoms with Crippen LogP contribution in [0.2, 0.25) is 0 Å². The van der Waals surface area contributed by atoms with Gasteiger partial charge in [0, 0.05) is 36.8 Å². The third kappa shape index (κ3) is 3.65. The van der Waals surface area contributed by atoms with Crippen molar-refractivity contribution in [3.05, 3.63) is 94.7 Å². The van der Waals surface area contributed by atoms with E-state index in [9.17, 15) is 5.26 Å². The second kappa shape index (κ2) is 7.90. The van der Waals surface area contributed by atoms with Crippen LogP contribution in [0.25, 0.3) is 0 Å². The lowest BCUT2D eigenvalue weighted by Crippen LogP contribution is -3.11. The number of pyridine rings is 2. The fourth-order valence-electron chi connectivity index (χ4n) is 3.95. The molecule has 29 heavy (non-hydrogen) atoms.